The Morgan fingerprint density at radius 3 is 1.78 bits per heavy atom. The number of nitrogens with one attached hydrogen (secondary N) is 1. The maximum Gasteiger partial charge on any atom is 0.408 e. The van der Waals surface area contributed by atoms with Crippen LogP contribution in [0.5, 0.6) is 5.75 Å². The van der Waals surface area contributed by atoms with Crippen LogP contribution in [0.3, 0.4) is 0 Å². The molecule has 0 aliphatic rings. The Bertz CT molecular complexity index is 880. The van der Waals surface area contributed by atoms with Crippen molar-refractivity contribution in [2.24, 2.45) is 5.92 Å². The van der Waals surface area contributed by atoms with E-state index in [0.717, 1.165) is 5.56 Å². The molecule has 210 valence electrons. The van der Waals surface area contributed by atoms with Gasteiger partial charge in [0.2, 0.25) is 0 Å². The minimum atomic E-state index is -1.02. The molecule has 0 saturated heterocycles. The topological polar surface area (TPSA) is 100 Å². The first kappa shape index (κ1) is 32.2. The predicted octanol–water partition coefficient (Wildman–Crippen LogP) is 5.55. The first-order valence-electron chi connectivity index (χ1n) is 12.6. The van der Waals surface area contributed by atoms with Crippen molar-refractivity contribution in [2.75, 3.05) is 13.3 Å². The Labute approximate surface area is 220 Å². The van der Waals surface area contributed by atoms with Crippen molar-refractivity contribution in [3.8, 4) is 5.75 Å². The van der Waals surface area contributed by atoms with Crippen LogP contribution in [0.2, 0.25) is 0 Å². The van der Waals surface area contributed by atoms with Crippen LogP contribution >= 0.6 is 0 Å². The summed E-state index contributed by atoms with van der Waals surface area (Å²) < 4.78 is 34.1. The second-order valence-corrected chi connectivity index (χ2v) is 11.9. The molecule has 1 aromatic carbocycles. The minimum Gasteiger partial charge on any atom is -0.491 e. The Balaban J connectivity index is 3.08. The number of amides is 1. The van der Waals surface area contributed by atoms with Gasteiger partial charge in [-0.2, -0.15) is 0 Å². The highest BCUT2D eigenvalue weighted by atomic mass is 18.2. The largest absolute Gasteiger partial charge is 0.491 e. The molecular weight excluding hydrogens is 480 g/mol. The van der Waals surface area contributed by atoms with E-state index in [1.807, 2.05) is 0 Å². The summed E-state index contributed by atoms with van der Waals surface area (Å²) in [6.45, 7) is 15.1. The highest BCUT2D eigenvalue weighted by Gasteiger charge is 2.32. The van der Waals surface area contributed by atoms with Crippen molar-refractivity contribution in [2.45, 2.75) is 104 Å². The Hall–Kier alpha value is -2.84. The summed E-state index contributed by atoms with van der Waals surface area (Å²) in [6.07, 6.45) is -0.0305. The lowest BCUT2D eigenvalue weighted by Gasteiger charge is -2.28. The van der Waals surface area contributed by atoms with Gasteiger partial charge < -0.3 is 24.3 Å². The molecule has 1 rings (SSSR count). The second kappa shape index (κ2) is 13.6. The van der Waals surface area contributed by atoms with Gasteiger partial charge >= 0.3 is 18.0 Å². The van der Waals surface area contributed by atoms with E-state index in [0.29, 0.717) is 12.2 Å². The fourth-order valence-corrected chi connectivity index (χ4v) is 3.29. The maximum absolute atomic E-state index is 13.1. The van der Waals surface area contributed by atoms with Crippen molar-refractivity contribution in [1.29, 1.82) is 0 Å². The van der Waals surface area contributed by atoms with E-state index in [1.54, 1.807) is 86.6 Å². The summed E-state index contributed by atoms with van der Waals surface area (Å²) in [4.78, 5) is 38.4. The highest BCUT2D eigenvalue weighted by Crippen LogP contribution is 2.23. The molecule has 0 fully saturated rings. The molecule has 0 aromatic heterocycles. The van der Waals surface area contributed by atoms with Crippen molar-refractivity contribution in [3.05, 3.63) is 29.8 Å². The SMILES string of the molecule is CC(C)(C)OC(=O)N[C@@H](CCC(Cc1ccc(OCC[18F])cc1)C(=O)OC(C)(C)C)C(=O)OC(C)(C)C. The number of carbonyl (C=O) groups excluding carboxylic acids is 3. The molecule has 2 atom stereocenters. The lowest BCUT2D eigenvalue weighted by atomic mass is 9.92. The summed E-state index contributed by atoms with van der Waals surface area (Å²) in [5, 5.41) is 2.59. The standard InChI is InChI=1S/C28H44FNO7/c1-26(2,3)35-23(31)20(18-19-10-13-21(14-11-19)34-17-16-29)12-15-22(24(32)36-27(4,5)6)30-25(33)37-28(7,8)9/h10-11,13-14,20,22H,12,15-18H2,1-9H3,(H,30,33)/t20?,22-/m0/s1/i29-1. The molecule has 1 aromatic rings. The van der Waals surface area contributed by atoms with Crippen LogP contribution in [-0.4, -0.2) is 54.2 Å². The average molecular weight is 525 g/mol. The number of esters is 2. The molecule has 0 bridgehead atoms. The fraction of sp³-hybridized carbons (Fsp3) is 0.679. The number of ether oxygens (including phenoxy) is 4. The number of alkyl carbamates (subject to hydrolysis) is 1. The summed E-state index contributed by atoms with van der Waals surface area (Å²) in [5.41, 5.74) is -1.36. The molecule has 8 nitrogen and oxygen atoms in total. The first-order valence-corrected chi connectivity index (χ1v) is 12.6. The van der Waals surface area contributed by atoms with Gasteiger partial charge in [-0.3, -0.25) is 4.79 Å². The van der Waals surface area contributed by atoms with Crippen molar-refractivity contribution in [3.63, 3.8) is 0 Å². The molecule has 1 unspecified atom stereocenters. The van der Waals surface area contributed by atoms with Gasteiger partial charge in [0.15, 0.2) is 0 Å². The monoisotopic (exact) mass is 524 g/mol. The molecular formula is C28H44FNO7. The van der Waals surface area contributed by atoms with E-state index in [2.05, 4.69) is 5.32 Å². The summed E-state index contributed by atoms with van der Waals surface area (Å²) in [6, 6.07) is 6.01. The summed E-state index contributed by atoms with van der Waals surface area (Å²) in [5.74, 6) is -1.09. The van der Waals surface area contributed by atoms with Gasteiger partial charge in [0.25, 0.3) is 0 Å². The molecule has 0 aliphatic carbocycles. The van der Waals surface area contributed by atoms with Crippen LogP contribution < -0.4 is 10.1 Å². The van der Waals surface area contributed by atoms with Crippen molar-refractivity contribution >= 4 is 18.0 Å². The molecule has 37 heavy (non-hydrogen) atoms. The number of benzene rings is 1. The van der Waals surface area contributed by atoms with Crippen LogP contribution in [0.25, 0.3) is 0 Å². The molecule has 0 aliphatic heterocycles. The lowest BCUT2D eigenvalue weighted by molar-refractivity contribution is -0.162. The maximum atomic E-state index is 13.1. The van der Waals surface area contributed by atoms with Gasteiger partial charge in [-0.1, -0.05) is 12.1 Å². The molecule has 0 saturated carbocycles. The van der Waals surface area contributed by atoms with E-state index < -0.39 is 53.5 Å². The first-order chi connectivity index (χ1) is 16.9. The lowest BCUT2D eigenvalue weighted by Crippen LogP contribution is -2.46. The zero-order chi connectivity index (χ0) is 28.4. The number of hydrogen-bond donors (Lipinski definition) is 1. The predicted molar refractivity (Wildman–Crippen MR) is 139 cm³/mol. The third-order valence-corrected chi connectivity index (χ3v) is 4.68. The Morgan fingerprint density at radius 2 is 1.30 bits per heavy atom. The number of alkyl halides is 1. The second-order valence-electron chi connectivity index (χ2n) is 11.9. The molecule has 1 N–H and O–H groups in total. The number of halogens is 1. The molecule has 9 heteroatoms. The zero-order valence-corrected chi connectivity index (χ0v) is 23.7. The van der Waals surface area contributed by atoms with Crippen LogP contribution in [0.1, 0.15) is 80.7 Å². The zero-order valence-electron chi connectivity index (χ0n) is 23.7. The van der Waals surface area contributed by atoms with Gasteiger partial charge in [-0.25, -0.2) is 14.0 Å². The van der Waals surface area contributed by atoms with Crippen LogP contribution in [0.15, 0.2) is 24.3 Å². The van der Waals surface area contributed by atoms with Crippen LogP contribution in [0, 0.1) is 5.92 Å². The van der Waals surface area contributed by atoms with E-state index in [4.69, 9.17) is 18.9 Å². The molecule has 0 spiro atoms. The number of carbonyl (C=O) groups is 3. The van der Waals surface area contributed by atoms with Gasteiger partial charge in [0.1, 0.15) is 41.9 Å². The summed E-state index contributed by atoms with van der Waals surface area (Å²) >= 11 is 0. The van der Waals surface area contributed by atoms with Crippen LogP contribution in [-0.2, 0) is 30.2 Å². The third-order valence-electron chi connectivity index (χ3n) is 4.68. The Morgan fingerprint density at radius 1 is 0.784 bits per heavy atom. The quantitative estimate of drug-likeness (QED) is 0.299. The number of hydrogen-bond acceptors (Lipinski definition) is 7. The van der Waals surface area contributed by atoms with E-state index >= 15 is 0 Å². The average Bonchev–Trinajstić information content (AvgIpc) is 2.71. The van der Waals surface area contributed by atoms with E-state index in [9.17, 15) is 18.8 Å². The van der Waals surface area contributed by atoms with Crippen molar-refractivity contribution in [1.82, 2.24) is 5.32 Å². The molecule has 0 radical (unpaired) electrons. The van der Waals surface area contributed by atoms with Crippen molar-refractivity contribution < 1.29 is 37.7 Å². The van der Waals surface area contributed by atoms with Gasteiger partial charge in [0.05, 0.1) is 5.92 Å². The minimum absolute atomic E-state index is 0.0312. The third kappa shape index (κ3) is 14.5. The molecule has 1 amide bonds. The molecule has 0 heterocycles. The fourth-order valence-electron chi connectivity index (χ4n) is 3.29. The Kier molecular flexibility index (Phi) is 11.9. The normalized spacial score (nSPS) is 13.8. The highest BCUT2D eigenvalue weighted by molar-refractivity contribution is 5.82. The van der Waals surface area contributed by atoms with Gasteiger partial charge in [0, 0.05) is 0 Å². The smallest absolute Gasteiger partial charge is 0.408 e. The van der Waals surface area contributed by atoms with Gasteiger partial charge in [-0.15, -0.1) is 0 Å². The number of rotatable bonds is 11. The van der Waals surface area contributed by atoms with E-state index in [1.165, 1.54) is 0 Å². The van der Waals surface area contributed by atoms with Crippen LogP contribution in [0.4, 0.5) is 9.18 Å². The summed E-state index contributed by atoms with van der Waals surface area (Å²) in [7, 11) is 0. The van der Waals surface area contributed by atoms with E-state index in [-0.39, 0.29) is 19.4 Å². The van der Waals surface area contributed by atoms with Gasteiger partial charge in [-0.05, 0) is 99.3 Å².